The van der Waals surface area contributed by atoms with Crippen molar-refractivity contribution in [1.29, 1.82) is 0 Å². The number of amides is 2. The van der Waals surface area contributed by atoms with E-state index < -0.39 is 11.8 Å². The molecule has 1 aromatic rings. The predicted molar refractivity (Wildman–Crippen MR) is 74.4 cm³/mol. The van der Waals surface area contributed by atoms with Gasteiger partial charge in [-0.1, -0.05) is 6.92 Å². The van der Waals surface area contributed by atoms with Crippen LogP contribution in [0.3, 0.4) is 0 Å². The molecule has 0 unspecified atom stereocenters. The highest BCUT2D eigenvalue weighted by molar-refractivity contribution is 5.85. The van der Waals surface area contributed by atoms with E-state index in [1.807, 2.05) is 6.92 Å². The Morgan fingerprint density at radius 3 is 2.35 bits per heavy atom. The summed E-state index contributed by atoms with van der Waals surface area (Å²) in [5.74, 6) is -1.57. The van der Waals surface area contributed by atoms with Gasteiger partial charge in [0.1, 0.15) is 5.82 Å². The molecule has 0 aliphatic heterocycles. The molecule has 0 aromatic heterocycles. The molecule has 0 saturated heterocycles. The zero-order valence-electron chi connectivity index (χ0n) is 11.4. The van der Waals surface area contributed by atoms with Crippen molar-refractivity contribution in [2.24, 2.45) is 11.5 Å². The molecule has 0 spiro atoms. The number of carbonyl (C=O) groups is 2. The van der Waals surface area contributed by atoms with Crippen molar-refractivity contribution < 1.29 is 14.0 Å². The van der Waals surface area contributed by atoms with Gasteiger partial charge in [-0.3, -0.25) is 9.59 Å². The zero-order chi connectivity index (χ0) is 15.1. The zero-order valence-corrected chi connectivity index (χ0v) is 11.4. The van der Waals surface area contributed by atoms with Crippen molar-refractivity contribution in [3.63, 3.8) is 0 Å². The fourth-order valence-corrected chi connectivity index (χ4v) is 1.87. The molecule has 0 aliphatic carbocycles. The van der Waals surface area contributed by atoms with Crippen molar-refractivity contribution in [1.82, 2.24) is 5.32 Å². The van der Waals surface area contributed by atoms with Gasteiger partial charge in [0, 0.05) is 12.2 Å². The summed E-state index contributed by atoms with van der Waals surface area (Å²) >= 11 is 0. The van der Waals surface area contributed by atoms with Crippen LogP contribution in [0, 0.1) is 5.82 Å². The lowest BCUT2D eigenvalue weighted by atomic mass is 10.1. The maximum Gasteiger partial charge on any atom is 0.236 e. The van der Waals surface area contributed by atoms with E-state index >= 15 is 0 Å². The quantitative estimate of drug-likeness (QED) is 0.610. The Labute approximate surface area is 116 Å². The largest absolute Gasteiger partial charge is 0.368 e. The second-order valence-corrected chi connectivity index (χ2v) is 4.34. The fraction of sp³-hybridized carbons (Fsp3) is 0.385. The third-order valence-electron chi connectivity index (χ3n) is 2.64. The Morgan fingerprint density at radius 1 is 1.25 bits per heavy atom. The summed E-state index contributed by atoms with van der Waals surface area (Å²) in [7, 11) is 0. The normalized spacial score (nSPS) is 10.3. The minimum atomic E-state index is -0.593. The number of nitrogens with one attached hydrogen (secondary N) is 1. The summed E-state index contributed by atoms with van der Waals surface area (Å²) in [6, 6.07) is 4.13. The first kappa shape index (κ1) is 15.9. The molecule has 0 fully saturated rings. The summed E-state index contributed by atoms with van der Waals surface area (Å²) in [6.07, 6.45) is 0. The fourth-order valence-electron chi connectivity index (χ4n) is 1.87. The Kier molecular flexibility index (Phi) is 5.92. The molecule has 2 amide bonds. The number of nitrogens with two attached hydrogens (primary N) is 2. The monoisotopic (exact) mass is 282 g/mol. The van der Waals surface area contributed by atoms with Gasteiger partial charge in [0.15, 0.2) is 0 Å². The van der Waals surface area contributed by atoms with Gasteiger partial charge in [-0.15, -0.1) is 0 Å². The number of halogens is 1. The standard InChI is InChI=1S/C13H19FN4O2/c1-2-17-6-9-5-10(14)3-4-11(9)18(7-12(15)19)8-13(16)20/h3-5,17H,2,6-8H2,1H3,(H2,15,19)(H2,16,20). The lowest BCUT2D eigenvalue weighted by molar-refractivity contribution is -0.117. The second kappa shape index (κ2) is 7.44. The maximum atomic E-state index is 13.3. The molecule has 0 heterocycles. The van der Waals surface area contributed by atoms with Crippen LogP contribution in [0.4, 0.5) is 10.1 Å². The number of rotatable bonds is 8. The molecule has 0 radical (unpaired) electrons. The van der Waals surface area contributed by atoms with E-state index in [0.29, 0.717) is 24.3 Å². The first-order valence-electron chi connectivity index (χ1n) is 6.24. The number of hydrogen-bond acceptors (Lipinski definition) is 4. The van der Waals surface area contributed by atoms with Crippen LogP contribution in [0.25, 0.3) is 0 Å². The van der Waals surface area contributed by atoms with Crippen LogP contribution in [0.1, 0.15) is 12.5 Å². The molecule has 7 heteroatoms. The van der Waals surface area contributed by atoms with Crippen molar-refractivity contribution in [2.75, 3.05) is 24.5 Å². The molecule has 5 N–H and O–H groups in total. The van der Waals surface area contributed by atoms with Crippen LogP contribution >= 0.6 is 0 Å². The Balaban J connectivity index is 3.09. The third-order valence-corrected chi connectivity index (χ3v) is 2.64. The van der Waals surface area contributed by atoms with Gasteiger partial charge in [-0.05, 0) is 30.3 Å². The number of primary amides is 2. The number of carbonyl (C=O) groups excluding carboxylic acids is 2. The minimum Gasteiger partial charge on any atom is -0.368 e. The van der Waals surface area contributed by atoms with Gasteiger partial charge >= 0.3 is 0 Å². The van der Waals surface area contributed by atoms with Gasteiger partial charge in [0.05, 0.1) is 13.1 Å². The Hall–Kier alpha value is -2.15. The topological polar surface area (TPSA) is 101 Å². The lowest BCUT2D eigenvalue weighted by Crippen LogP contribution is -2.40. The van der Waals surface area contributed by atoms with Crippen molar-refractivity contribution in [3.8, 4) is 0 Å². The van der Waals surface area contributed by atoms with Gasteiger partial charge in [-0.25, -0.2) is 4.39 Å². The van der Waals surface area contributed by atoms with Crippen LogP contribution in [-0.4, -0.2) is 31.4 Å². The molecule has 6 nitrogen and oxygen atoms in total. The molecule has 1 aromatic carbocycles. The molecule has 0 atom stereocenters. The molecule has 110 valence electrons. The molecular weight excluding hydrogens is 263 g/mol. The molecular formula is C13H19FN4O2. The van der Waals surface area contributed by atoms with E-state index in [0.717, 1.165) is 0 Å². The summed E-state index contributed by atoms with van der Waals surface area (Å²) in [6.45, 7) is 2.73. The first-order valence-corrected chi connectivity index (χ1v) is 6.24. The van der Waals surface area contributed by atoms with Crippen molar-refractivity contribution in [3.05, 3.63) is 29.6 Å². The van der Waals surface area contributed by atoms with E-state index in [2.05, 4.69) is 5.32 Å². The Bertz CT molecular complexity index is 477. The van der Waals surface area contributed by atoms with Gasteiger partial charge in [0.2, 0.25) is 11.8 Å². The summed E-state index contributed by atoms with van der Waals surface area (Å²) in [5.41, 5.74) is 11.5. The average molecular weight is 282 g/mol. The predicted octanol–water partition coefficient (Wildman–Crippen LogP) is -0.288. The molecule has 0 saturated carbocycles. The Morgan fingerprint density at radius 2 is 1.85 bits per heavy atom. The van der Waals surface area contributed by atoms with Crippen LogP contribution in [-0.2, 0) is 16.1 Å². The number of hydrogen-bond donors (Lipinski definition) is 3. The average Bonchev–Trinajstić information content (AvgIpc) is 2.34. The van der Waals surface area contributed by atoms with Crippen LogP contribution in [0.15, 0.2) is 18.2 Å². The van der Waals surface area contributed by atoms with E-state index in [4.69, 9.17) is 11.5 Å². The van der Waals surface area contributed by atoms with Crippen LogP contribution in [0.5, 0.6) is 0 Å². The summed E-state index contributed by atoms with van der Waals surface area (Å²) in [5, 5.41) is 3.07. The van der Waals surface area contributed by atoms with Crippen molar-refractivity contribution >= 4 is 17.5 Å². The SMILES string of the molecule is CCNCc1cc(F)ccc1N(CC(N)=O)CC(N)=O. The van der Waals surface area contributed by atoms with E-state index in [9.17, 15) is 14.0 Å². The highest BCUT2D eigenvalue weighted by atomic mass is 19.1. The van der Waals surface area contributed by atoms with Crippen LogP contribution < -0.4 is 21.7 Å². The van der Waals surface area contributed by atoms with Gasteiger partial charge in [-0.2, -0.15) is 0 Å². The van der Waals surface area contributed by atoms with Gasteiger partial charge < -0.3 is 21.7 Å². The van der Waals surface area contributed by atoms with E-state index in [1.165, 1.54) is 23.1 Å². The molecule has 0 bridgehead atoms. The van der Waals surface area contributed by atoms with E-state index in [-0.39, 0.29) is 18.9 Å². The molecule has 1 rings (SSSR count). The third kappa shape index (κ3) is 4.85. The summed E-state index contributed by atoms with van der Waals surface area (Å²) in [4.78, 5) is 23.6. The molecule has 0 aliphatic rings. The lowest BCUT2D eigenvalue weighted by Gasteiger charge is -2.24. The number of nitrogens with zero attached hydrogens (tertiary/aromatic N) is 1. The van der Waals surface area contributed by atoms with Crippen LogP contribution in [0.2, 0.25) is 0 Å². The number of benzene rings is 1. The maximum absolute atomic E-state index is 13.3. The minimum absolute atomic E-state index is 0.159. The second-order valence-electron chi connectivity index (χ2n) is 4.34. The smallest absolute Gasteiger partial charge is 0.236 e. The van der Waals surface area contributed by atoms with Crippen molar-refractivity contribution in [2.45, 2.75) is 13.5 Å². The molecule has 20 heavy (non-hydrogen) atoms. The van der Waals surface area contributed by atoms with Gasteiger partial charge in [0.25, 0.3) is 0 Å². The highest BCUT2D eigenvalue weighted by Gasteiger charge is 2.16. The summed E-state index contributed by atoms with van der Waals surface area (Å²) < 4.78 is 13.3. The first-order chi connectivity index (χ1) is 9.43. The highest BCUT2D eigenvalue weighted by Crippen LogP contribution is 2.21. The van der Waals surface area contributed by atoms with E-state index in [1.54, 1.807) is 0 Å². The number of anilines is 1.